The molecule has 2 rings (SSSR count). The number of benzene rings is 1. The van der Waals surface area contributed by atoms with Gasteiger partial charge >= 0.3 is 0 Å². The van der Waals surface area contributed by atoms with Gasteiger partial charge in [0.05, 0.1) is 7.11 Å². The SMILES string of the molecule is COc1cc(C(=O)N[C@H]2CCCNC2)ccc1OCC(=O)NC(C)C. The van der Waals surface area contributed by atoms with E-state index in [2.05, 4.69) is 16.0 Å². The zero-order valence-corrected chi connectivity index (χ0v) is 15.1. The Morgan fingerprint density at radius 2 is 2.12 bits per heavy atom. The summed E-state index contributed by atoms with van der Waals surface area (Å²) in [5.74, 6) is 0.504. The van der Waals surface area contributed by atoms with Crippen molar-refractivity contribution in [1.29, 1.82) is 0 Å². The second kappa shape index (κ2) is 9.27. The first kappa shape index (κ1) is 19.1. The third-order valence-corrected chi connectivity index (χ3v) is 3.87. The van der Waals surface area contributed by atoms with Crippen LogP contribution < -0.4 is 25.4 Å². The van der Waals surface area contributed by atoms with Gasteiger partial charge in [0.15, 0.2) is 18.1 Å². The zero-order chi connectivity index (χ0) is 18.2. The van der Waals surface area contributed by atoms with E-state index in [4.69, 9.17) is 9.47 Å². The number of amides is 2. The predicted octanol–water partition coefficient (Wildman–Crippen LogP) is 1.08. The molecule has 2 amide bonds. The highest BCUT2D eigenvalue weighted by molar-refractivity contribution is 5.95. The summed E-state index contributed by atoms with van der Waals surface area (Å²) in [7, 11) is 1.50. The molecule has 0 bridgehead atoms. The molecule has 0 radical (unpaired) electrons. The van der Waals surface area contributed by atoms with E-state index in [9.17, 15) is 9.59 Å². The van der Waals surface area contributed by atoms with Crippen LogP contribution in [0.4, 0.5) is 0 Å². The number of nitrogens with one attached hydrogen (secondary N) is 3. The van der Waals surface area contributed by atoms with E-state index in [1.54, 1.807) is 18.2 Å². The molecule has 1 saturated heterocycles. The second-order valence-corrected chi connectivity index (χ2v) is 6.39. The minimum atomic E-state index is -0.205. The number of ether oxygens (including phenoxy) is 2. The van der Waals surface area contributed by atoms with Crippen LogP contribution in [-0.4, -0.2) is 50.7 Å². The minimum absolute atomic E-state index is 0.0540. The van der Waals surface area contributed by atoms with E-state index in [0.717, 1.165) is 25.9 Å². The van der Waals surface area contributed by atoms with Crippen LogP contribution in [-0.2, 0) is 4.79 Å². The molecule has 7 heteroatoms. The number of hydrogen-bond acceptors (Lipinski definition) is 5. The Balaban J connectivity index is 1.97. The van der Waals surface area contributed by atoms with Gasteiger partial charge in [-0.05, 0) is 51.4 Å². The third-order valence-electron chi connectivity index (χ3n) is 3.87. The quantitative estimate of drug-likeness (QED) is 0.685. The highest BCUT2D eigenvalue weighted by Gasteiger charge is 2.18. The van der Waals surface area contributed by atoms with Crippen molar-refractivity contribution in [2.24, 2.45) is 0 Å². The summed E-state index contributed by atoms with van der Waals surface area (Å²) in [4.78, 5) is 24.1. The summed E-state index contributed by atoms with van der Waals surface area (Å²) in [5, 5.41) is 9.03. The molecule has 3 N–H and O–H groups in total. The molecule has 1 aliphatic rings. The molecular formula is C18H27N3O4. The molecule has 1 aromatic rings. The van der Waals surface area contributed by atoms with Gasteiger partial charge in [0, 0.05) is 24.2 Å². The van der Waals surface area contributed by atoms with Crippen LogP contribution in [0.2, 0.25) is 0 Å². The highest BCUT2D eigenvalue weighted by Crippen LogP contribution is 2.28. The van der Waals surface area contributed by atoms with Gasteiger partial charge in [0.2, 0.25) is 0 Å². The molecular weight excluding hydrogens is 322 g/mol. The van der Waals surface area contributed by atoms with Crippen LogP contribution in [0, 0.1) is 0 Å². The second-order valence-electron chi connectivity index (χ2n) is 6.39. The third kappa shape index (κ3) is 5.94. The number of piperidine rings is 1. The highest BCUT2D eigenvalue weighted by atomic mass is 16.5. The first-order valence-corrected chi connectivity index (χ1v) is 8.61. The first-order chi connectivity index (χ1) is 12.0. The van der Waals surface area contributed by atoms with Gasteiger partial charge in [-0.25, -0.2) is 0 Å². The van der Waals surface area contributed by atoms with Gasteiger partial charge < -0.3 is 25.4 Å². The molecule has 1 aliphatic heterocycles. The van der Waals surface area contributed by atoms with E-state index in [0.29, 0.717) is 17.1 Å². The molecule has 0 aromatic heterocycles. The minimum Gasteiger partial charge on any atom is -0.493 e. The summed E-state index contributed by atoms with van der Waals surface area (Å²) in [6.07, 6.45) is 2.03. The van der Waals surface area contributed by atoms with Crippen molar-refractivity contribution in [2.75, 3.05) is 26.8 Å². The Bertz CT molecular complexity index is 598. The van der Waals surface area contributed by atoms with Crippen molar-refractivity contribution in [3.63, 3.8) is 0 Å². The largest absolute Gasteiger partial charge is 0.493 e. The molecule has 0 unspecified atom stereocenters. The fraction of sp³-hybridized carbons (Fsp3) is 0.556. The summed E-state index contributed by atoms with van der Waals surface area (Å²) in [5.41, 5.74) is 0.501. The van der Waals surface area contributed by atoms with Gasteiger partial charge in [-0.15, -0.1) is 0 Å². The number of carbonyl (C=O) groups is 2. The zero-order valence-electron chi connectivity index (χ0n) is 15.1. The van der Waals surface area contributed by atoms with E-state index in [1.807, 2.05) is 13.8 Å². The number of rotatable bonds is 7. The fourth-order valence-electron chi connectivity index (χ4n) is 2.68. The normalized spacial score (nSPS) is 17.0. The van der Waals surface area contributed by atoms with E-state index >= 15 is 0 Å². The molecule has 0 saturated carbocycles. The van der Waals surface area contributed by atoms with Crippen molar-refractivity contribution >= 4 is 11.8 Å². The molecule has 0 spiro atoms. The van der Waals surface area contributed by atoms with E-state index < -0.39 is 0 Å². The Labute approximate surface area is 148 Å². The molecule has 25 heavy (non-hydrogen) atoms. The van der Waals surface area contributed by atoms with Crippen LogP contribution in [0.1, 0.15) is 37.0 Å². The van der Waals surface area contributed by atoms with Crippen molar-refractivity contribution in [3.05, 3.63) is 23.8 Å². The molecule has 7 nitrogen and oxygen atoms in total. The Morgan fingerprint density at radius 1 is 1.32 bits per heavy atom. The summed E-state index contributed by atoms with van der Waals surface area (Å²) < 4.78 is 10.8. The van der Waals surface area contributed by atoms with Crippen LogP contribution in [0.15, 0.2) is 18.2 Å². The first-order valence-electron chi connectivity index (χ1n) is 8.61. The Kier molecular flexibility index (Phi) is 7.06. The van der Waals surface area contributed by atoms with Crippen molar-refractivity contribution in [1.82, 2.24) is 16.0 Å². The predicted molar refractivity (Wildman–Crippen MR) is 95.1 cm³/mol. The molecule has 1 heterocycles. The van der Waals surface area contributed by atoms with Crippen LogP contribution >= 0.6 is 0 Å². The maximum Gasteiger partial charge on any atom is 0.258 e. The van der Waals surface area contributed by atoms with Crippen molar-refractivity contribution < 1.29 is 19.1 Å². The monoisotopic (exact) mass is 349 g/mol. The van der Waals surface area contributed by atoms with Gasteiger partial charge in [-0.1, -0.05) is 0 Å². The Morgan fingerprint density at radius 3 is 2.76 bits per heavy atom. The average Bonchev–Trinajstić information content (AvgIpc) is 2.60. The van der Waals surface area contributed by atoms with Gasteiger partial charge in [-0.3, -0.25) is 9.59 Å². The standard InChI is InChI=1S/C18H27N3O4/c1-12(2)20-17(22)11-25-15-7-6-13(9-16(15)24-3)18(23)21-14-5-4-8-19-10-14/h6-7,9,12,14,19H,4-5,8,10-11H2,1-3H3,(H,20,22)(H,21,23)/t14-/m0/s1. The van der Waals surface area contributed by atoms with E-state index in [1.165, 1.54) is 7.11 Å². The van der Waals surface area contributed by atoms with Crippen LogP contribution in [0.25, 0.3) is 0 Å². The maximum absolute atomic E-state index is 12.4. The van der Waals surface area contributed by atoms with Crippen LogP contribution in [0.3, 0.4) is 0 Å². The Hall–Kier alpha value is -2.28. The lowest BCUT2D eigenvalue weighted by Gasteiger charge is -2.24. The van der Waals surface area contributed by atoms with Crippen molar-refractivity contribution in [3.8, 4) is 11.5 Å². The number of hydrogen-bond donors (Lipinski definition) is 3. The molecule has 1 aromatic carbocycles. The van der Waals surface area contributed by atoms with Crippen molar-refractivity contribution in [2.45, 2.75) is 38.8 Å². The summed E-state index contributed by atoms with van der Waals surface area (Å²) in [6, 6.07) is 5.14. The average molecular weight is 349 g/mol. The summed E-state index contributed by atoms with van der Waals surface area (Å²) in [6.45, 7) is 5.45. The molecule has 1 atom stereocenters. The van der Waals surface area contributed by atoms with Gasteiger partial charge in [0.25, 0.3) is 11.8 Å². The van der Waals surface area contributed by atoms with Gasteiger partial charge in [0.1, 0.15) is 0 Å². The lowest BCUT2D eigenvalue weighted by Crippen LogP contribution is -2.45. The maximum atomic E-state index is 12.4. The fourth-order valence-corrected chi connectivity index (χ4v) is 2.68. The number of carbonyl (C=O) groups excluding carboxylic acids is 2. The van der Waals surface area contributed by atoms with E-state index in [-0.39, 0.29) is 30.5 Å². The lowest BCUT2D eigenvalue weighted by molar-refractivity contribution is -0.123. The lowest BCUT2D eigenvalue weighted by atomic mass is 10.1. The van der Waals surface area contributed by atoms with Gasteiger partial charge in [-0.2, -0.15) is 0 Å². The van der Waals surface area contributed by atoms with Crippen LogP contribution in [0.5, 0.6) is 11.5 Å². The molecule has 0 aliphatic carbocycles. The number of methoxy groups -OCH3 is 1. The smallest absolute Gasteiger partial charge is 0.258 e. The molecule has 138 valence electrons. The summed E-state index contributed by atoms with van der Waals surface area (Å²) >= 11 is 0. The topological polar surface area (TPSA) is 88.7 Å². The molecule has 1 fully saturated rings.